The van der Waals surface area contributed by atoms with E-state index >= 15 is 0 Å². The maximum atomic E-state index is 5.68. The molecule has 4 heteroatoms. The molecule has 2 aliphatic heterocycles. The van der Waals surface area contributed by atoms with Crippen molar-refractivity contribution < 1.29 is 9.47 Å². The van der Waals surface area contributed by atoms with E-state index in [2.05, 4.69) is 31.1 Å². The third kappa shape index (κ3) is 3.23. The normalized spacial score (nSPS) is 36.7. The van der Waals surface area contributed by atoms with Gasteiger partial charge in [0.1, 0.15) is 0 Å². The predicted molar refractivity (Wildman–Crippen MR) is 72.9 cm³/mol. The van der Waals surface area contributed by atoms with Crippen molar-refractivity contribution >= 4 is 0 Å². The summed E-state index contributed by atoms with van der Waals surface area (Å²) in [4.78, 5) is 2.49. The molecule has 1 N–H and O–H groups in total. The molecule has 4 nitrogen and oxygen atoms in total. The maximum Gasteiger partial charge on any atom is 0.0702 e. The standard InChI is InChI=1S/C14H28N2O2/c1-4-15-9-14(6-8-17-11-14)10-16(3)13-5-7-18-12(13)2/h12-13,15H,4-11H2,1-3H3. The van der Waals surface area contributed by atoms with Crippen LogP contribution in [-0.4, -0.2) is 63.5 Å². The van der Waals surface area contributed by atoms with E-state index in [1.54, 1.807) is 0 Å². The fourth-order valence-electron chi connectivity index (χ4n) is 3.31. The van der Waals surface area contributed by atoms with Crippen LogP contribution in [0.2, 0.25) is 0 Å². The summed E-state index contributed by atoms with van der Waals surface area (Å²) in [6.07, 6.45) is 2.70. The lowest BCUT2D eigenvalue weighted by Gasteiger charge is -2.36. The SMILES string of the molecule is CCNCC1(CN(C)C2CCOC2C)CCOC1. The van der Waals surface area contributed by atoms with Crippen LogP contribution in [0.1, 0.15) is 26.7 Å². The second-order valence-electron chi connectivity index (χ2n) is 5.93. The summed E-state index contributed by atoms with van der Waals surface area (Å²) >= 11 is 0. The van der Waals surface area contributed by atoms with Crippen LogP contribution in [0.4, 0.5) is 0 Å². The molecule has 0 aliphatic carbocycles. The molecule has 18 heavy (non-hydrogen) atoms. The van der Waals surface area contributed by atoms with Gasteiger partial charge in [0.05, 0.1) is 12.7 Å². The summed E-state index contributed by atoms with van der Waals surface area (Å²) in [5.74, 6) is 0. The van der Waals surface area contributed by atoms with Crippen molar-refractivity contribution in [3.05, 3.63) is 0 Å². The molecule has 2 aliphatic rings. The Bertz CT molecular complexity index is 254. The first-order valence-electron chi connectivity index (χ1n) is 7.27. The second-order valence-corrected chi connectivity index (χ2v) is 5.93. The second kappa shape index (κ2) is 6.33. The zero-order chi connectivity index (χ0) is 13.0. The molecule has 0 saturated carbocycles. The fourth-order valence-corrected chi connectivity index (χ4v) is 3.31. The van der Waals surface area contributed by atoms with Gasteiger partial charge in [-0.1, -0.05) is 6.92 Å². The monoisotopic (exact) mass is 256 g/mol. The average Bonchev–Trinajstić information content (AvgIpc) is 2.96. The molecule has 2 heterocycles. The largest absolute Gasteiger partial charge is 0.381 e. The summed E-state index contributed by atoms with van der Waals surface area (Å²) in [5.41, 5.74) is 0.299. The van der Waals surface area contributed by atoms with Crippen molar-refractivity contribution in [2.45, 2.75) is 38.8 Å². The van der Waals surface area contributed by atoms with E-state index in [-0.39, 0.29) is 0 Å². The van der Waals surface area contributed by atoms with Gasteiger partial charge in [-0.15, -0.1) is 0 Å². The quantitative estimate of drug-likeness (QED) is 0.772. The summed E-state index contributed by atoms with van der Waals surface area (Å²) in [5, 5.41) is 3.50. The van der Waals surface area contributed by atoms with Crippen LogP contribution in [0, 0.1) is 5.41 Å². The Balaban J connectivity index is 1.91. The number of nitrogens with one attached hydrogen (secondary N) is 1. The van der Waals surface area contributed by atoms with E-state index in [1.807, 2.05) is 0 Å². The molecule has 0 aromatic rings. The predicted octanol–water partition coefficient (Wildman–Crippen LogP) is 1.11. The Morgan fingerprint density at radius 3 is 2.78 bits per heavy atom. The lowest BCUT2D eigenvalue weighted by molar-refractivity contribution is 0.0570. The highest BCUT2D eigenvalue weighted by Crippen LogP contribution is 2.31. The van der Waals surface area contributed by atoms with Crippen LogP contribution in [-0.2, 0) is 9.47 Å². The number of ether oxygens (including phenoxy) is 2. The first kappa shape index (κ1) is 14.3. The molecule has 2 saturated heterocycles. The zero-order valence-corrected chi connectivity index (χ0v) is 12.1. The van der Waals surface area contributed by atoms with Gasteiger partial charge in [0.15, 0.2) is 0 Å². The van der Waals surface area contributed by atoms with Crippen molar-refractivity contribution in [1.29, 1.82) is 0 Å². The molecule has 0 spiro atoms. The highest BCUT2D eigenvalue weighted by molar-refractivity contribution is 4.91. The smallest absolute Gasteiger partial charge is 0.0702 e. The zero-order valence-electron chi connectivity index (χ0n) is 12.1. The minimum Gasteiger partial charge on any atom is -0.381 e. The molecule has 0 bridgehead atoms. The Labute approximate surface area is 111 Å². The molecule has 0 amide bonds. The van der Waals surface area contributed by atoms with E-state index in [9.17, 15) is 0 Å². The summed E-state index contributed by atoms with van der Waals surface area (Å²) in [7, 11) is 2.24. The number of nitrogens with zero attached hydrogens (tertiary/aromatic N) is 1. The minimum absolute atomic E-state index is 0.299. The Kier molecular flexibility index (Phi) is 5.01. The van der Waals surface area contributed by atoms with Crippen LogP contribution in [0.25, 0.3) is 0 Å². The molecule has 3 unspecified atom stereocenters. The van der Waals surface area contributed by atoms with Gasteiger partial charge in [0.2, 0.25) is 0 Å². The Morgan fingerprint density at radius 2 is 2.22 bits per heavy atom. The molecule has 0 radical (unpaired) electrons. The van der Waals surface area contributed by atoms with Crippen molar-refractivity contribution in [2.75, 3.05) is 46.5 Å². The molecule has 0 aromatic heterocycles. The van der Waals surface area contributed by atoms with Gasteiger partial charge in [0, 0.05) is 37.8 Å². The van der Waals surface area contributed by atoms with Crippen LogP contribution in [0.3, 0.4) is 0 Å². The molecular weight excluding hydrogens is 228 g/mol. The summed E-state index contributed by atoms with van der Waals surface area (Å²) in [6.45, 7) is 10.3. The Morgan fingerprint density at radius 1 is 1.39 bits per heavy atom. The van der Waals surface area contributed by atoms with Crippen LogP contribution in [0.15, 0.2) is 0 Å². The maximum absolute atomic E-state index is 5.68. The number of rotatable bonds is 6. The fraction of sp³-hybridized carbons (Fsp3) is 1.00. The lowest BCUT2D eigenvalue weighted by atomic mass is 9.86. The van der Waals surface area contributed by atoms with Crippen molar-refractivity contribution in [2.24, 2.45) is 5.41 Å². The van der Waals surface area contributed by atoms with Crippen molar-refractivity contribution in [1.82, 2.24) is 10.2 Å². The molecule has 3 atom stereocenters. The lowest BCUT2D eigenvalue weighted by Crippen LogP contribution is -2.48. The van der Waals surface area contributed by atoms with E-state index < -0.39 is 0 Å². The van der Waals surface area contributed by atoms with E-state index in [0.29, 0.717) is 17.6 Å². The number of hydrogen-bond donors (Lipinski definition) is 1. The van der Waals surface area contributed by atoms with Gasteiger partial charge in [0.25, 0.3) is 0 Å². The van der Waals surface area contributed by atoms with Crippen LogP contribution in [0.5, 0.6) is 0 Å². The topological polar surface area (TPSA) is 33.7 Å². The van der Waals surface area contributed by atoms with Gasteiger partial charge >= 0.3 is 0 Å². The van der Waals surface area contributed by atoms with Gasteiger partial charge in [-0.05, 0) is 33.4 Å². The Hall–Kier alpha value is -0.160. The van der Waals surface area contributed by atoms with Crippen molar-refractivity contribution in [3.8, 4) is 0 Å². The van der Waals surface area contributed by atoms with E-state index in [4.69, 9.17) is 9.47 Å². The molecule has 0 aromatic carbocycles. The molecular formula is C14H28N2O2. The van der Waals surface area contributed by atoms with Crippen LogP contribution >= 0.6 is 0 Å². The number of hydrogen-bond acceptors (Lipinski definition) is 4. The summed E-state index contributed by atoms with van der Waals surface area (Å²) < 4.78 is 11.3. The van der Waals surface area contributed by atoms with E-state index in [0.717, 1.165) is 45.9 Å². The van der Waals surface area contributed by atoms with Crippen LogP contribution < -0.4 is 5.32 Å². The van der Waals surface area contributed by atoms with E-state index in [1.165, 1.54) is 6.42 Å². The molecule has 2 fully saturated rings. The number of likely N-dealkylation sites (N-methyl/N-ethyl adjacent to an activating group) is 1. The molecule has 106 valence electrons. The average molecular weight is 256 g/mol. The molecule has 2 rings (SSSR count). The highest BCUT2D eigenvalue weighted by atomic mass is 16.5. The minimum atomic E-state index is 0.299. The van der Waals surface area contributed by atoms with Gasteiger partial charge in [-0.2, -0.15) is 0 Å². The van der Waals surface area contributed by atoms with Gasteiger partial charge in [-0.25, -0.2) is 0 Å². The van der Waals surface area contributed by atoms with Crippen molar-refractivity contribution in [3.63, 3.8) is 0 Å². The third-order valence-electron chi connectivity index (χ3n) is 4.42. The first-order valence-corrected chi connectivity index (χ1v) is 7.27. The summed E-state index contributed by atoms with van der Waals surface area (Å²) in [6, 6.07) is 0.573. The third-order valence-corrected chi connectivity index (χ3v) is 4.42. The van der Waals surface area contributed by atoms with Gasteiger partial charge < -0.3 is 19.7 Å². The first-order chi connectivity index (χ1) is 8.67. The highest BCUT2D eigenvalue weighted by Gasteiger charge is 2.38. The van der Waals surface area contributed by atoms with Gasteiger partial charge in [-0.3, -0.25) is 0 Å².